The molecule has 4 aromatic rings. The lowest BCUT2D eigenvalue weighted by Gasteiger charge is -2.28. The first-order valence-electron chi connectivity index (χ1n) is 11.0. The standard InChI is InChI=1S/C22H20F4N6O2S2/c23-13-7-27-5-4-14(13)30-15-3-1-2-11-12(6-22(24,25)26)19(36-18(11)15)20-31-17(34-32-20)9-29-21(33)16-8-28-10-35-16/h1-3,8,10,13-14,27,30H,4-7,9H2,(H,29,33). The fourth-order valence-corrected chi connectivity index (χ4v) is 5.77. The fraction of sp³-hybridized carbons (Fsp3) is 0.364. The first-order chi connectivity index (χ1) is 17.3. The van der Waals surface area contributed by atoms with Crippen molar-refractivity contribution in [2.24, 2.45) is 0 Å². The van der Waals surface area contributed by atoms with Crippen LogP contribution < -0.4 is 16.0 Å². The lowest BCUT2D eigenvalue weighted by atomic mass is 10.0. The number of fused-ring (bicyclic) bond motifs is 1. The van der Waals surface area contributed by atoms with Gasteiger partial charge in [-0.05, 0) is 30.0 Å². The number of hydrogen-bond acceptors (Lipinski definition) is 9. The van der Waals surface area contributed by atoms with Crippen LogP contribution in [0, 0.1) is 0 Å². The number of nitrogens with zero attached hydrogens (tertiary/aromatic N) is 3. The molecule has 1 amide bonds. The smallest absolute Gasteiger partial charge is 0.378 e. The number of thiazole rings is 1. The number of carbonyl (C=O) groups excluding carboxylic acids is 1. The number of rotatable bonds is 7. The molecule has 36 heavy (non-hydrogen) atoms. The number of alkyl halides is 4. The number of nitrogens with one attached hydrogen (secondary N) is 3. The van der Waals surface area contributed by atoms with Crippen LogP contribution in [0.3, 0.4) is 0 Å². The Labute approximate surface area is 210 Å². The summed E-state index contributed by atoms with van der Waals surface area (Å²) < 4.78 is 60.7. The molecule has 1 saturated heterocycles. The van der Waals surface area contributed by atoms with Gasteiger partial charge in [-0.3, -0.25) is 9.78 Å². The molecule has 14 heteroatoms. The Balaban J connectivity index is 1.46. The fourth-order valence-electron chi connectivity index (χ4n) is 4.01. The van der Waals surface area contributed by atoms with E-state index in [1.54, 1.807) is 18.2 Å². The maximum atomic E-state index is 14.4. The highest BCUT2D eigenvalue weighted by Gasteiger charge is 2.33. The van der Waals surface area contributed by atoms with Crippen LogP contribution in [0.2, 0.25) is 0 Å². The summed E-state index contributed by atoms with van der Waals surface area (Å²) in [6.45, 7) is 0.770. The zero-order valence-corrected chi connectivity index (χ0v) is 20.2. The van der Waals surface area contributed by atoms with E-state index >= 15 is 0 Å². The number of halogens is 4. The summed E-state index contributed by atoms with van der Waals surface area (Å²) in [6, 6.07) is 4.53. The molecule has 2 unspecified atom stereocenters. The molecule has 0 spiro atoms. The SMILES string of the molecule is O=C(NCc1nc(-c2sc3c(NC4CCNCC4F)cccc3c2CC(F)(F)F)no1)c1cncs1. The average Bonchev–Trinajstić information content (AvgIpc) is 3.59. The highest BCUT2D eigenvalue weighted by atomic mass is 32.1. The topological polar surface area (TPSA) is 105 Å². The predicted octanol–water partition coefficient (Wildman–Crippen LogP) is 4.55. The third kappa shape index (κ3) is 5.34. The van der Waals surface area contributed by atoms with Gasteiger partial charge in [-0.25, -0.2) is 4.39 Å². The molecule has 3 aromatic heterocycles. The van der Waals surface area contributed by atoms with Gasteiger partial charge in [0, 0.05) is 6.54 Å². The minimum atomic E-state index is -4.47. The molecule has 1 aromatic carbocycles. The quantitative estimate of drug-likeness (QED) is 0.295. The molecule has 0 aliphatic carbocycles. The molecule has 4 heterocycles. The molecule has 8 nitrogen and oxygen atoms in total. The monoisotopic (exact) mass is 540 g/mol. The number of amides is 1. The third-order valence-corrected chi connectivity index (χ3v) is 7.72. The van der Waals surface area contributed by atoms with Crippen molar-refractivity contribution < 1.29 is 26.9 Å². The van der Waals surface area contributed by atoms with E-state index in [1.165, 1.54) is 11.7 Å². The van der Waals surface area contributed by atoms with E-state index in [4.69, 9.17) is 4.52 Å². The van der Waals surface area contributed by atoms with E-state index in [1.807, 2.05) is 0 Å². The molecule has 1 fully saturated rings. The first-order valence-corrected chi connectivity index (χ1v) is 12.7. The Morgan fingerprint density at radius 3 is 2.92 bits per heavy atom. The molecular formula is C22H20F4N6O2S2. The number of piperidine rings is 1. The lowest BCUT2D eigenvalue weighted by molar-refractivity contribution is -0.126. The van der Waals surface area contributed by atoms with Crippen molar-refractivity contribution in [1.82, 2.24) is 25.8 Å². The maximum absolute atomic E-state index is 14.4. The highest BCUT2D eigenvalue weighted by Crippen LogP contribution is 2.43. The van der Waals surface area contributed by atoms with Crippen molar-refractivity contribution in [2.75, 3.05) is 18.4 Å². The molecule has 0 radical (unpaired) electrons. The number of thiophene rings is 1. The van der Waals surface area contributed by atoms with Gasteiger partial charge in [0.05, 0.1) is 46.0 Å². The minimum absolute atomic E-state index is 0.00586. The maximum Gasteiger partial charge on any atom is 0.393 e. The summed E-state index contributed by atoms with van der Waals surface area (Å²) in [7, 11) is 0. The van der Waals surface area contributed by atoms with E-state index in [2.05, 4.69) is 31.1 Å². The van der Waals surface area contributed by atoms with Crippen LogP contribution >= 0.6 is 22.7 Å². The van der Waals surface area contributed by atoms with E-state index in [0.717, 1.165) is 22.7 Å². The van der Waals surface area contributed by atoms with Crippen molar-refractivity contribution >= 4 is 44.4 Å². The second-order valence-corrected chi connectivity index (χ2v) is 10.1. The van der Waals surface area contributed by atoms with Gasteiger partial charge < -0.3 is 20.5 Å². The van der Waals surface area contributed by atoms with Crippen molar-refractivity contribution in [3.05, 3.63) is 46.2 Å². The van der Waals surface area contributed by atoms with Crippen LogP contribution in [0.5, 0.6) is 0 Å². The van der Waals surface area contributed by atoms with Gasteiger partial charge in [0.15, 0.2) is 0 Å². The molecule has 1 aliphatic heterocycles. The Kier molecular flexibility index (Phi) is 6.90. The third-order valence-electron chi connectivity index (χ3n) is 5.67. The van der Waals surface area contributed by atoms with Crippen LogP contribution in [0.4, 0.5) is 23.2 Å². The second-order valence-electron chi connectivity index (χ2n) is 8.20. The zero-order chi connectivity index (χ0) is 25.3. The van der Waals surface area contributed by atoms with Crippen molar-refractivity contribution in [1.29, 1.82) is 0 Å². The van der Waals surface area contributed by atoms with Gasteiger partial charge in [0.25, 0.3) is 5.91 Å². The normalized spacial score (nSPS) is 18.4. The molecule has 3 N–H and O–H groups in total. The van der Waals surface area contributed by atoms with Gasteiger partial charge in [0.1, 0.15) is 11.0 Å². The molecule has 2 atom stereocenters. The largest absolute Gasteiger partial charge is 0.393 e. The minimum Gasteiger partial charge on any atom is -0.378 e. The summed E-state index contributed by atoms with van der Waals surface area (Å²) in [5.41, 5.74) is 2.10. The molecule has 0 saturated carbocycles. The average molecular weight is 541 g/mol. The van der Waals surface area contributed by atoms with Gasteiger partial charge >= 0.3 is 6.18 Å². The molecule has 5 rings (SSSR count). The number of carbonyl (C=O) groups is 1. The van der Waals surface area contributed by atoms with Crippen molar-refractivity contribution in [2.45, 2.75) is 37.8 Å². The number of benzene rings is 1. The second kappa shape index (κ2) is 10.1. The highest BCUT2D eigenvalue weighted by molar-refractivity contribution is 7.23. The first kappa shape index (κ1) is 24.6. The Morgan fingerprint density at radius 1 is 1.31 bits per heavy atom. The predicted molar refractivity (Wildman–Crippen MR) is 128 cm³/mol. The molecule has 190 valence electrons. The van der Waals surface area contributed by atoms with Gasteiger partial charge in [0.2, 0.25) is 11.7 Å². The molecular weight excluding hydrogens is 520 g/mol. The van der Waals surface area contributed by atoms with Crippen molar-refractivity contribution in [3.63, 3.8) is 0 Å². The number of aromatic nitrogens is 3. The van der Waals surface area contributed by atoms with E-state index in [-0.39, 0.29) is 41.2 Å². The van der Waals surface area contributed by atoms with Gasteiger partial charge in [-0.2, -0.15) is 18.2 Å². The van der Waals surface area contributed by atoms with Crippen LogP contribution in [-0.2, 0) is 13.0 Å². The van der Waals surface area contributed by atoms with E-state index in [0.29, 0.717) is 33.6 Å². The summed E-state index contributed by atoms with van der Waals surface area (Å²) in [5.74, 6) is -0.336. The molecule has 0 bridgehead atoms. The summed E-state index contributed by atoms with van der Waals surface area (Å²) in [4.78, 5) is 20.8. The number of anilines is 1. The van der Waals surface area contributed by atoms with Crippen LogP contribution in [0.15, 0.2) is 34.4 Å². The summed E-state index contributed by atoms with van der Waals surface area (Å²) in [5, 5.41) is 13.0. The number of hydrogen-bond donors (Lipinski definition) is 3. The van der Waals surface area contributed by atoms with E-state index < -0.39 is 24.8 Å². The Hall–Kier alpha value is -3.10. The summed E-state index contributed by atoms with van der Waals surface area (Å²) in [6.07, 6.45) is -4.81. The van der Waals surface area contributed by atoms with Crippen LogP contribution in [0.25, 0.3) is 20.8 Å². The summed E-state index contributed by atoms with van der Waals surface area (Å²) >= 11 is 2.25. The Bertz CT molecular complexity index is 1350. The van der Waals surface area contributed by atoms with Crippen LogP contribution in [-0.4, -0.2) is 52.5 Å². The van der Waals surface area contributed by atoms with Gasteiger partial charge in [-0.15, -0.1) is 22.7 Å². The van der Waals surface area contributed by atoms with Gasteiger partial charge in [-0.1, -0.05) is 17.3 Å². The van der Waals surface area contributed by atoms with E-state index in [9.17, 15) is 22.4 Å². The van der Waals surface area contributed by atoms with Crippen LogP contribution in [0.1, 0.15) is 27.5 Å². The molecule has 1 aliphatic rings. The zero-order valence-electron chi connectivity index (χ0n) is 18.6. The lowest BCUT2D eigenvalue weighted by Crippen LogP contribution is -2.45. The Morgan fingerprint density at radius 2 is 2.17 bits per heavy atom. The van der Waals surface area contributed by atoms with Crippen molar-refractivity contribution in [3.8, 4) is 10.7 Å².